The van der Waals surface area contributed by atoms with Crippen LogP contribution in [-0.2, 0) is 15.6 Å². The summed E-state index contributed by atoms with van der Waals surface area (Å²) in [6.07, 6.45) is 5.16. The van der Waals surface area contributed by atoms with Crippen molar-refractivity contribution >= 4 is 27.1 Å². The number of rotatable bonds is 6. The van der Waals surface area contributed by atoms with Crippen LogP contribution in [0, 0.1) is 11.6 Å². The maximum Gasteiger partial charge on any atom is 0.187 e. The first-order valence-corrected chi connectivity index (χ1v) is 11.1. The molecule has 2 atom stereocenters. The second-order valence-electron chi connectivity index (χ2n) is 6.92. The number of aromatic nitrogens is 2. The first-order valence-electron chi connectivity index (χ1n) is 8.68. The van der Waals surface area contributed by atoms with Gasteiger partial charge in [0.1, 0.15) is 33.6 Å². The van der Waals surface area contributed by atoms with Gasteiger partial charge in [-0.25, -0.2) is 22.2 Å². The van der Waals surface area contributed by atoms with E-state index in [1.807, 2.05) is 14.1 Å². The monoisotopic (exact) mass is 416 g/mol. The number of hydrogen-bond donors (Lipinski definition) is 1. The van der Waals surface area contributed by atoms with Gasteiger partial charge in [0.2, 0.25) is 0 Å². The number of benzene rings is 1. The van der Waals surface area contributed by atoms with E-state index >= 15 is 0 Å². The van der Waals surface area contributed by atoms with Crippen LogP contribution in [0.3, 0.4) is 0 Å². The minimum atomic E-state index is -4.05. The fourth-order valence-electron chi connectivity index (χ4n) is 3.47. The van der Waals surface area contributed by atoms with Gasteiger partial charge in [0.05, 0.1) is 5.69 Å². The molecule has 0 unspecified atom stereocenters. The molecule has 1 heterocycles. The van der Waals surface area contributed by atoms with E-state index in [4.69, 9.17) is 0 Å². The summed E-state index contributed by atoms with van der Waals surface area (Å²) in [5.41, 5.74) is -0.0129. The van der Waals surface area contributed by atoms with Gasteiger partial charge in [-0.1, -0.05) is 12.8 Å². The number of nitrogens with zero attached hydrogens (tertiary/aromatic N) is 3. The lowest BCUT2D eigenvalue weighted by Crippen LogP contribution is -2.45. The molecule has 0 radical (unpaired) electrons. The molecule has 1 N–H and O–H groups in total. The molecule has 1 fully saturated rings. The summed E-state index contributed by atoms with van der Waals surface area (Å²) < 4.78 is 57.7. The number of nitrogens with one attached hydrogen (secondary N) is 1. The zero-order valence-electron chi connectivity index (χ0n) is 15.2. The molecule has 1 aromatic carbocycles. The molecule has 27 heavy (non-hydrogen) atoms. The van der Waals surface area contributed by atoms with Crippen molar-refractivity contribution in [3.63, 3.8) is 0 Å². The van der Waals surface area contributed by atoms with Crippen molar-refractivity contribution in [1.82, 2.24) is 14.3 Å². The molecule has 6 nitrogen and oxygen atoms in total. The largest absolute Gasteiger partial charge is 0.378 e. The highest BCUT2D eigenvalue weighted by atomic mass is 32.2. The van der Waals surface area contributed by atoms with Crippen LogP contribution in [0.5, 0.6) is 0 Å². The molecule has 0 bridgehead atoms. The lowest BCUT2D eigenvalue weighted by atomic mass is 9.89. The van der Waals surface area contributed by atoms with Crippen molar-refractivity contribution < 1.29 is 17.2 Å². The van der Waals surface area contributed by atoms with Gasteiger partial charge in [-0.15, -0.1) is 0 Å². The van der Waals surface area contributed by atoms with Gasteiger partial charge in [0.25, 0.3) is 0 Å². The third kappa shape index (κ3) is 4.61. The Morgan fingerprint density at radius 2 is 1.96 bits per heavy atom. The lowest BCUT2D eigenvalue weighted by molar-refractivity contribution is 0.211. The van der Waals surface area contributed by atoms with Gasteiger partial charge in [-0.05, 0) is 44.5 Å². The van der Waals surface area contributed by atoms with Gasteiger partial charge < -0.3 is 10.2 Å². The molecule has 148 valence electrons. The van der Waals surface area contributed by atoms with Gasteiger partial charge in [-0.2, -0.15) is 4.37 Å². The summed E-state index contributed by atoms with van der Waals surface area (Å²) >= 11 is 0.910. The van der Waals surface area contributed by atoms with Crippen molar-refractivity contribution in [3.8, 4) is 0 Å². The van der Waals surface area contributed by atoms with Crippen LogP contribution in [0.15, 0.2) is 23.4 Å². The highest BCUT2D eigenvalue weighted by molar-refractivity contribution is 7.90. The van der Waals surface area contributed by atoms with Crippen LogP contribution in [0.4, 0.5) is 14.5 Å². The van der Waals surface area contributed by atoms with Crippen molar-refractivity contribution in [3.05, 3.63) is 35.1 Å². The first-order chi connectivity index (χ1) is 12.8. The van der Waals surface area contributed by atoms with E-state index in [0.717, 1.165) is 49.3 Å². The number of sulfone groups is 1. The van der Waals surface area contributed by atoms with Gasteiger partial charge in [-0.3, -0.25) is 0 Å². The fraction of sp³-hybridized carbons (Fsp3) is 0.529. The third-order valence-electron chi connectivity index (χ3n) is 4.81. The van der Waals surface area contributed by atoms with E-state index in [-0.39, 0.29) is 22.8 Å². The van der Waals surface area contributed by atoms with Crippen LogP contribution in [0.1, 0.15) is 30.7 Å². The van der Waals surface area contributed by atoms with E-state index in [0.29, 0.717) is 0 Å². The Bertz CT molecular complexity index is 889. The number of likely N-dealkylation sites (N-methyl/N-ethyl adjacent to an activating group) is 1. The maximum absolute atomic E-state index is 14.6. The van der Waals surface area contributed by atoms with Gasteiger partial charge in [0, 0.05) is 18.2 Å². The summed E-state index contributed by atoms with van der Waals surface area (Å²) in [6.45, 7) is 0. The molecule has 10 heteroatoms. The van der Waals surface area contributed by atoms with Crippen LogP contribution in [0.25, 0.3) is 0 Å². The zero-order valence-corrected chi connectivity index (χ0v) is 16.8. The van der Waals surface area contributed by atoms with Crippen LogP contribution < -0.4 is 5.32 Å². The second-order valence-corrected chi connectivity index (χ2v) is 9.75. The topological polar surface area (TPSA) is 75.2 Å². The second kappa shape index (κ2) is 8.15. The van der Waals surface area contributed by atoms with Crippen LogP contribution in [0.2, 0.25) is 0 Å². The van der Waals surface area contributed by atoms with E-state index < -0.39 is 32.1 Å². The van der Waals surface area contributed by atoms with Crippen molar-refractivity contribution in [1.29, 1.82) is 0 Å². The van der Waals surface area contributed by atoms with E-state index in [1.54, 1.807) is 0 Å². The molecule has 3 rings (SSSR count). The molecule has 2 aromatic rings. The molecule has 1 aliphatic carbocycles. The third-order valence-corrected chi connectivity index (χ3v) is 7.29. The molecule has 0 saturated heterocycles. The predicted molar refractivity (Wildman–Crippen MR) is 101 cm³/mol. The summed E-state index contributed by atoms with van der Waals surface area (Å²) in [7, 11) is -0.127. The molecular formula is C17H22F2N4O2S2. The number of halogens is 2. The quantitative estimate of drug-likeness (QED) is 0.780. The fourth-order valence-corrected chi connectivity index (χ4v) is 5.66. The molecule has 1 aromatic heterocycles. The Balaban J connectivity index is 1.84. The predicted octanol–water partition coefficient (Wildman–Crippen LogP) is 3.07. The van der Waals surface area contributed by atoms with Gasteiger partial charge >= 0.3 is 0 Å². The Kier molecular flexibility index (Phi) is 6.07. The van der Waals surface area contributed by atoms with Crippen molar-refractivity contribution in [2.75, 3.05) is 19.4 Å². The SMILES string of the molecule is CN(C)[C@H]1CCCC[C@@H]1Nc1cc(F)c(S(=O)(=O)Cc2ncns2)cc1F. The first kappa shape index (κ1) is 20.1. The van der Waals surface area contributed by atoms with Gasteiger partial charge in [0.15, 0.2) is 9.84 Å². The molecule has 1 aliphatic rings. The van der Waals surface area contributed by atoms with E-state index in [1.165, 1.54) is 6.33 Å². The van der Waals surface area contributed by atoms with Crippen molar-refractivity contribution in [2.45, 2.75) is 48.4 Å². The molecule has 0 spiro atoms. The Labute approximate surface area is 161 Å². The Morgan fingerprint density at radius 3 is 2.63 bits per heavy atom. The van der Waals surface area contributed by atoms with Crippen molar-refractivity contribution in [2.24, 2.45) is 0 Å². The zero-order chi connectivity index (χ0) is 19.6. The Hall–Kier alpha value is -1.65. The van der Waals surface area contributed by atoms with E-state index in [9.17, 15) is 17.2 Å². The minimum Gasteiger partial charge on any atom is -0.378 e. The molecule has 1 saturated carbocycles. The molecule has 0 amide bonds. The van der Waals surface area contributed by atoms with Crippen LogP contribution in [-0.4, -0.2) is 48.9 Å². The highest BCUT2D eigenvalue weighted by Gasteiger charge is 2.29. The summed E-state index contributed by atoms with van der Waals surface area (Å²) in [5, 5.41) is 3.30. The Morgan fingerprint density at radius 1 is 1.22 bits per heavy atom. The summed E-state index contributed by atoms with van der Waals surface area (Å²) in [6, 6.07) is 1.87. The number of anilines is 1. The normalized spacial score (nSPS) is 20.8. The minimum absolute atomic E-state index is 0.0129. The summed E-state index contributed by atoms with van der Waals surface area (Å²) in [4.78, 5) is 5.21. The van der Waals surface area contributed by atoms with Crippen LogP contribution >= 0.6 is 11.5 Å². The number of hydrogen-bond acceptors (Lipinski definition) is 7. The molecular weight excluding hydrogens is 394 g/mol. The van der Waals surface area contributed by atoms with E-state index in [2.05, 4.69) is 19.6 Å². The average Bonchev–Trinajstić information content (AvgIpc) is 3.10. The standard InChI is InChI=1S/C17H22F2N4O2S2/c1-23(2)15-6-4-3-5-13(15)22-14-7-12(19)16(8-11(14)18)27(24,25)9-17-20-10-21-26-17/h7-8,10,13,15,22H,3-6,9H2,1-2H3/t13-,15-/m0/s1. The summed E-state index contributed by atoms with van der Waals surface area (Å²) in [5.74, 6) is -2.26. The molecule has 0 aliphatic heterocycles. The smallest absolute Gasteiger partial charge is 0.187 e. The highest BCUT2D eigenvalue weighted by Crippen LogP contribution is 2.29. The lowest BCUT2D eigenvalue weighted by Gasteiger charge is -2.37. The maximum atomic E-state index is 14.6. The average molecular weight is 417 g/mol.